The average Bonchev–Trinajstić information content (AvgIpc) is 3.31. The van der Waals surface area contributed by atoms with Gasteiger partial charge >= 0.3 is 0 Å². The quantitative estimate of drug-likeness (QED) is 0.535. The number of methoxy groups -OCH3 is 1. The van der Waals surface area contributed by atoms with Crippen molar-refractivity contribution in [3.63, 3.8) is 0 Å². The van der Waals surface area contributed by atoms with E-state index in [1.165, 1.54) is 0 Å². The average molecular weight is 374 g/mol. The summed E-state index contributed by atoms with van der Waals surface area (Å²) < 4.78 is 7.69. The second-order valence-electron chi connectivity index (χ2n) is 6.66. The molecule has 0 fully saturated rings. The number of nitrogens with one attached hydrogen (secondary N) is 2. The van der Waals surface area contributed by atoms with Crippen LogP contribution in [0.15, 0.2) is 54.6 Å². The first-order valence-corrected chi connectivity index (χ1v) is 9.20. The zero-order chi connectivity index (χ0) is 19.7. The molecule has 28 heavy (non-hydrogen) atoms. The highest BCUT2D eigenvalue weighted by molar-refractivity contribution is 6.04. The summed E-state index contributed by atoms with van der Waals surface area (Å²) >= 11 is 0. The van der Waals surface area contributed by atoms with Gasteiger partial charge < -0.3 is 14.6 Å². The predicted molar refractivity (Wildman–Crippen MR) is 111 cm³/mol. The van der Waals surface area contributed by atoms with Gasteiger partial charge in [-0.15, -0.1) is 0 Å². The maximum atomic E-state index is 12.5. The van der Waals surface area contributed by atoms with Crippen LogP contribution in [0.2, 0.25) is 0 Å². The molecule has 1 amide bonds. The highest BCUT2D eigenvalue weighted by atomic mass is 16.5. The van der Waals surface area contributed by atoms with Crippen LogP contribution in [0, 0.1) is 6.92 Å². The summed E-state index contributed by atoms with van der Waals surface area (Å²) in [6.07, 6.45) is 0. The Balaban J connectivity index is 1.67. The highest BCUT2D eigenvalue weighted by Gasteiger charge is 2.15. The van der Waals surface area contributed by atoms with Gasteiger partial charge in [0, 0.05) is 23.6 Å². The molecule has 0 saturated heterocycles. The molecule has 6 heteroatoms. The minimum atomic E-state index is -0.181. The molecule has 0 aliphatic heterocycles. The van der Waals surface area contributed by atoms with Gasteiger partial charge in [0.05, 0.1) is 24.0 Å². The number of H-pyrrole nitrogens is 1. The van der Waals surface area contributed by atoms with E-state index in [9.17, 15) is 4.79 Å². The third-order valence-corrected chi connectivity index (χ3v) is 4.82. The lowest BCUT2D eigenvalue weighted by atomic mass is 10.1. The topological polar surface area (TPSA) is 71.9 Å². The summed E-state index contributed by atoms with van der Waals surface area (Å²) in [5.41, 5.74) is 4.57. The number of carbonyl (C=O) groups excluding carboxylic acids is 1. The van der Waals surface area contributed by atoms with Crippen molar-refractivity contribution in [2.45, 2.75) is 20.4 Å². The molecule has 4 rings (SSSR count). The molecule has 0 aliphatic carbocycles. The van der Waals surface area contributed by atoms with E-state index in [0.717, 1.165) is 40.1 Å². The number of benzene rings is 2. The molecule has 0 aliphatic rings. The van der Waals surface area contributed by atoms with Crippen LogP contribution in [0.4, 0.5) is 5.82 Å². The molecule has 142 valence electrons. The summed E-state index contributed by atoms with van der Waals surface area (Å²) in [6.45, 7) is 4.86. The van der Waals surface area contributed by atoms with Crippen molar-refractivity contribution in [3.05, 3.63) is 65.7 Å². The van der Waals surface area contributed by atoms with E-state index < -0.39 is 0 Å². The summed E-state index contributed by atoms with van der Waals surface area (Å²) in [6, 6.07) is 17.4. The number of aryl methyl sites for hydroxylation is 2. The molecular formula is C22H22N4O2. The minimum Gasteiger partial charge on any atom is -0.496 e. The zero-order valence-corrected chi connectivity index (χ0v) is 16.1. The maximum absolute atomic E-state index is 12.5. The second-order valence-corrected chi connectivity index (χ2v) is 6.66. The molecule has 0 spiro atoms. The van der Waals surface area contributed by atoms with Crippen LogP contribution in [-0.2, 0) is 6.54 Å². The fourth-order valence-corrected chi connectivity index (χ4v) is 3.49. The number of anilines is 1. The number of aromatic amines is 1. The number of carbonyl (C=O) groups is 1. The lowest BCUT2D eigenvalue weighted by molar-refractivity contribution is 0.102. The summed E-state index contributed by atoms with van der Waals surface area (Å²) in [7, 11) is 1.67. The van der Waals surface area contributed by atoms with Crippen LogP contribution < -0.4 is 10.1 Å². The van der Waals surface area contributed by atoms with Crippen LogP contribution in [0.5, 0.6) is 5.75 Å². The fourth-order valence-electron chi connectivity index (χ4n) is 3.49. The number of amides is 1. The van der Waals surface area contributed by atoms with Crippen molar-refractivity contribution < 1.29 is 9.53 Å². The molecule has 2 N–H and O–H groups in total. The van der Waals surface area contributed by atoms with Crippen LogP contribution >= 0.6 is 0 Å². The Hall–Kier alpha value is -3.54. The van der Waals surface area contributed by atoms with E-state index >= 15 is 0 Å². The van der Waals surface area contributed by atoms with E-state index in [1.54, 1.807) is 13.2 Å². The Morgan fingerprint density at radius 1 is 1.18 bits per heavy atom. The Labute approximate surface area is 163 Å². The summed E-state index contributed by atoms with van der Waals surface area (Å²) in [4.78, 5) is 12.5. The zero-order valence-electron chi connectivity index (χ0n) is 16.1. The first kappa shape index (κ1) is 17.9. The van der Waals surface area contributed by atoms with Crippen molar-refractivity contribution >= 4 is 22.6 Å². The van der Waals surface area contributed by atoms with Gasteiger partial charge in [0.1, 0.15) is 5.75 Å². The van der Waals surface area contributed by atoms with E-state index in [0.29, 0.717) is 11.4 Å². The van der Waals surface area contributed by atoms with Crippen LogP contribution in [0.25, 0.3) is 22.3 Å². The molecule has 2 aromatic carbocycles. The smallest absolute Gasteiger partial charge is 0.256 e. The van der Waals surface area contributed by atoms with Crippen molar-refractivity contribution in [3.8, 4) is 17.1 Å². The molecule has 2 heterocycles. The van der Waals surface area contributed by atoms with Crippen molar-refractivity contribution in [1.82, 2.24) is 14.8 Å². The SMILES string of the molecule is CCn1c(-c2cc(NC(=O)c3cccc(C)c3)n[nH]2)cc2c(OC)cccc21. The normalized spacial score (nSPS) is 11.0. The van der Waals surface area contributed by atoms with Gasteiger partial charge in [-0.05, 0) is 44.2 Å². The van der Waals surface area contributed by atoms with E-state index in [-0.39, 0.29) is 5.91 Å². The predicted octanol–water partition coefficient (Wildman–Crippen LogP) is 4.62. The van der Waals surface area contributed by atoms with Crippen LogP contribution in [0.1, 0.15) is 22.8 Å². The molecule has 4 aromatic rings. The van der Waals surface area contributed by atoms with Crippen molar-refractivity contribution in [1.29, 1.82) is 0 Å². The molecule has 0 radical (unpaired) electrons. The molecule has 0 unspecified atom stereocenters. The highest BCUT2D eigenvalue weighted by Crippen LogP contribution is 2.33. The van der Waals surface area contributed by atoms with Gasteiger partial charge in [-0.1, -0.05) is 23.8 Å². The van der Waals surface area contributed by atoms with E-state index in [4.69, 9.17) is 4.74 Å². The number of fused-ring (bicyclic) bond motifs is 1. The van der Waals surface area contributed by atoms with E-state index in [2.05, 4.69) is 39.1 Å². The van der Waals surface area contributed by atoms with Gasteiger partial charge in [-0.25, -0.2) is 0 Å². The largest absolute Gasteiger partial charge is 0.496 e. The minimum absolute atomic E-state index is 0.181. The van der Waals surface area contributed by atoms with Gasteiger partial charge in [-0.3, -0.25) is 9.89 Å². The molecular weight excluding hydrogens is 352 g/mol. The number of hydrogen-bond acceptors (Lipinski definition) is 3. The molecule has 0 saturated carbocycles. The Morgan fingerprint density at radius 2 is 2.00 bits per heavy atom. The van der Waals surface area contributed by atoms with Gasteiger partial charge in [0.25, 0.3) is 5.91 Å². The first-order chi connectivity index (χ1) is 13.6. The van der Waals surface area contributed by atoms with Crippen molar-refractivity contribution in [2.24, 2.45) is 0 Å². The standard InChI is InChI=1S/C22H22N4O2/c1-4-26-18-9-6-10-20(28-3)16(18)12-19(26)17-13-21(25-24-17)23-22(27)15-8-5-7-14(2)11-15/h5-13H,4H2,1-3H3,(H2,23,24,25,27). The number of hydrogen-bond donors (Lipinski definition) is 2. The third-order valence-electron chi connectivity index (χ3n) is 4.82. The number of nitrogens with zero attached hydrogens (tertiary/aromatic N) is 2. The number of ether oxygens (including phenoxy) is 1. The summed E-state index contributed by atoms with van der Waals surface area (Å²) in [5, 5.41) is 11.2. The fraction of sp³-hybridized carbons (Fsp3) is 0.182. The molecule has 0 bridgehead atoms. The number of aromatic nitrogens is 3. The lowest BCUT2D eigenvalue weighted by Crippen LogP contribution is -2.12. The van der Waals surface area contributed by atoms with Gasteiger partial charge in [0.2, 0.25) is 0 Å². The third kappa shape index (κ3) is 3.13. The second kappa shape index (κ2) is 7.23. The Bertz CT molecular complexity index is 1160. The Morgan fingerprint density at radius 3 is 2.75 bits per heavy atom. The monoisotopic (exact) mass is 374 g/mol. The molecule has 2 aromatic heterocycles. The van der Waals surface area contributed by atoms with Crippen LogP contribution in [0.3, 0.4) is 0 Å². The van der Waals surface area contributed by atoms with Crippen molar-refractivity contribution in [2.75, 3.05) is 12.4 Å². The maximum Gasteiger partial charge on any atom is 0.256 e. The Kier molecular flexibility index (Phi) is 4.61. The number of rotatable bonds is 5. The molecule has 0 atom stereocenters. The van der Waals surface area contributed by atoms with E-state index in [1.807, 2.05) is 43.3 Å². The lowest BCUT2D eigenvalue weighted by Gasteiger charge is -2.06. The summed E-state index contributed by atoms with van der Waals surface area (Å²) in [5.74, 6) is 1.14. The first-order valence-electron chi connectivity index (χ1n) is 9.20. The van der Waals surface area contributed by atoms with Gasteiger partial charge in [-0.2, -0.15) is 5.10 Å². The van der Waals surface area contributed by atoms with Crippen LogP contribution in [-0.4, -0.2) is 27.8 Å². The van der Waals surface area contributed by atoms with Gasteiger partial charge in [0.15, 0.2) is 5.82 Å². The molecule has 6 nitrogen and oxygen atoms in total.